The Balaban J connectivity index is 1.97. The Kier molecular flexibility index (Phi) is 3.49. The molecule has 1 aliphatic carbocycles. The summed E-state index contributed by atoms with van der Waals surface area (Å²) in [6.07, 6.45) is 3.95. The summed E-state index contributed by atoms with van der Waals surface area (Å²) in [5.74, 6) is 0.362. The molecule has 0 spiro atoms. The van der Waals surface area contributed by atoms with Gasteiger partial charge in [0.1, 0.15) is 0 Å². The van der Waals surface area contributed by atoms with Gasteiger partial charge in [0.2, 0.25) is 5.91 Å². The Bertz CT molecular complexity index is 156. The molecule has 0 saturated heterocycles. The predicted molar refractivity (Wildman–Crippen MR) is 47.4 cm³/mol. The van der Waals surface area contributed by atoms with Crippen molar-refractivity contribution in [1.29, 1.82) is 0 Å². The van der Waals surface area contributed by atoms with Gasteiger partial charge in [-0.05, 0) is 25.3 Å². The number of rotatable bonds is 5. The van der Waals surface area contributed by atoms with E-state index in [9.17, 15) is 4.79 Å². The van der Waals surface area contributed by atoms with Gasteiger partial charge in [-0.3, -0.25) is 4.79 Å². The maximum absolute atomic E-state index is 10.5. The number of nitrogens with two attached hydrogens (primary N) is 2. The second-order valence-corrected chi connectivity index (χ2v) is 3.46. The van der Waals surface area contributed by atoms with Gasteiger partial charge in [0.05, 0.1) is 6.04 Å². The molecule has 1 fully saturated rings. The summed E-state index contributed by atoms with van der Waals surface area (Å²) in [4.78, 5) is 10.5. The molecule has 0 bridgehead atoms. The molecular weight excluding hydrogens is 154 g/mol. The topological polar surface area (TPSA) is 81.1 Å². The van der Waals surface area contributed by atoms with E-state index in [1.54, 1.807) is 0 Å². The molecule has 0 aromatic heterocycles. The highest BCUT2D eigenvalue weighted by Crippen LogP contribution is 2.24. The third kappa shape index (κ3) is 2.79. The molecule has 70 valence electrons. The Morgan fingerprint density at radius 3 is 2.67 bits per heavy atom. The SMILES string of the molecule is NC(=O)C(N)CNCC1CCC1. The fourth-order valence-corrected chi connectivity index (χ4v) is 1.24. The molecule has 1 unspecified atom stereocenters. The molecule has 1 amide bonds. The monoisotopic (exact) mass is 171 g/mol. The second-order valence-electron chi connectivity index (χ2n) is 3.46. The first-order valence-corrected chi connectivity index (χ1v) is 4.45. The summed E-state index contributed by atoms with van der Waals surface area (Å²) in [5, 5.41) is 3.14. The van der Waals surface area contributed by atoms with Crippen LogP contribution in [0.5, 0.6) is 0 Å². The number of amides is 1. The smallest absolute Gasteiger partial charge is 0.235 e. The highest BCUT2D eigenvalue weighted by molar-refractivity contribution is 5.79. The van der Waals surface area contributed by atoms with E-state index in [1.165, 1.54) is 19.3 Å². The van der Waals surface area contributed by atoms with Gasteiger partial charge in [0.15, 0.2) is 0 Å². The quantitative estimate of drug-likeness (QED) is 0.506. The first-order valence-electron chi connectivity index (χ1n) is 4.45. The molecule has 0 aromatic rings. The number of hydrogen-bond acceptors (Lipinski definition) is 3. The van der Waals surface area contributed by atoms with E-state index < -0.39 is 11.9 Å². The largest absolute Gasteiger partial charge is 0.368 e. The van der Waals surface area contributed by atoms with Crippen molar-refractivity contribution in [2.75, 3.05) is 13.1 Å². The Hall–Kier alpha value is -0.610. The van der Waals surface area contributed by atoms with E-state index in [1.807, 2.05) is 0 Å². The standard InChI is InChI=1S/C8H17N3O/c9-7(8(10)12)5-11-4-6-2-1-3-6/h6-7,11H,1-5,9H2,(H2,10,12). The lowest BCUT2D eigenvalue weighted by Gasteiger charge is -2.25. The molecule has 4 heteroatoms. The maximum atomic E-state index is 10.5. The van der Waals surface area contributed by atoms with Crippen LogP contribution in [0.25, 0.3) is 0 Å². The summed E-state index contributed by atoms with van der Waals surface area (Å²) < 4.78 is 0. The van der Waals surface area contributed by atoms with E-state index in [0.717, 1.165) is 12.5 Å². The van der Waals surface area contributed by atoms with Crippen molar-refractivity contribution in [2.24, 2.45) is 17.4 Å². The van der Waals surface area contributed by atoms with Gasteiger partial charge in [-0.1, -0.05) is 6.42 Å². The first kappa shape index (κ1) is 9.48. The van der Waals surface area contributed by atoms with Gasteiger partial charge < -0.3 is 16.8 Å². The lowest BCUT2D eigenvalue weighted by molar-refractivity contribution is -0.119. The van der Waals surface area contributed by atoms with Crippen molar-refractivity contribution in [3.63, 3.8) is 0 Å². The van der Waals surface area contributed by atoms with Crippen molar-refractivity contribution in [2.45, 2.75) is 25.3 Å². The molecule has 12 heavy (non-hydrogen) atoms. The van der Waals surface area contributed by atoms with Crippen LogP contribution in [0, 0.1) is 5.92 Å². The lowest BCUT2D eigenvalue weighted by atomic mass is 9.85. The number of primary amides is 1. The minimum Gasteiger partial charge on any atom is -0.368 e. The number of carbonyl (C=O) groups excluding carboxylic acids is 1. The normalized spacial score (nSPS) is 20.1. The molecule has 0 heterocycles. The molecule has 4 nitrogen and oxygen atoms in total. The maximum Gasteiger partial charge on any atom is 0.235 e. The van der Waals surface area contributed by atoms with Crippen LogP contribution in [0.3, 0.4) is 0 Å². The third-order valence-electron chi connectivity index (χ3n) is 2.39. The molecule has 1 rings (SSSR count). The van der Waals surface area contributed by atoms with Gasteiger partial charge in [0, 0.05) is 6.54 Å². The fraction of sp³-hybridized carbons (Fsp3) is 0.875. The Labute approximate surface area is 72.7 Å². The second kappa shape index (κ2) is 4.42. The molecule has 5 N–H and O–H groups in total. The van der Waals surface area contributed by atoms with Gasteiger partial charge in [-0.15, -0.1) is 0 Å². The van der Waals surface area contributed by atoms with E-state index in [-0.39, 0.29) is 0 Å². The van der Waals surface area contributed by atoms with E-state index in [4.69, 9.17) is 11.5 Å². The molecule has 1 saturated carbocycles. The molecule has 1 aliphatic rings. The van der Waals surface area contributed by atoms with Crippen LogP contribution in [-0.4, -0.2) is 25.0 Å². The summed E-state index contributed by atoms with van der Waals surface area (Å²) in [6.45, 7) is 1.48. The summed E-state index contributed by atoms with van der Waals surface area (Å²) >= 11 is 0. The zero-order valence-corrected chi connectivity index (χ0v) is 7.25. The summed E-state index contributed by atoms with van der Waals surface area (Å²) in [6, 6.07) is -0.537. The van der Waals surface area contributed by atoms with Crippen LogP contribution in [0.2, 0.25) is 0 Å². The Morgan fingerprint density at radius 1 is 1.58 bits per heavy atom. The number of carbonyl (C=O) groups is 1. The highest BCUT2D eigenvalue weighted by atomic mass is 16.1. The van der Waals surface area contributed by atoms with Crippen molar-refractivity contribution in [1.82, 2.24) is 5.32 Å². The predicted octanol–water partition coefficient (Wildman–Crippen LogP) is -0.811. The summed E-state index contributed by atoms with van der Waals surface area (Å²) in [5.41, 5.74) is 10.4. The lowest BCUT2D eigenvalue weighted by Crippen LogP contribution is -2.45. The molecule has 0 aromatic carbocycles. The van der Waals surface area contributed by atoms with E-state index in [0.29, 0.717) is 6.54 Å². The zero-order valence-electron chi connectivity index (χ0n) is 7.25. The van der Waals surface area contributed by atoms with Crippen molar-refractivity contribution in [3.8, 4) is 0 Å². The van der Waals surface area contributed by atoms with Crippen LogP contribution in [0.1, 0.15) is 19.3 Å². The van der Waals surface area contributed by atoms with Gasteiger partial charge in [0.25, 0.3) is 0 Å². The van der Waals surface area contributed by atoms with Crippen LogP contribution < -0.4 is 16.8 Å². The van der Waals surface area contributed by atoms with E-state index in [2.05, 4.69) is 5.32 Å². The first-order chi connectivity index (χ1) is 5.70. The number of hydrogen-bond donors (Lipinski definition) is 3. The third-order valence-corrected chi connectivity index (χ3v) is 2.39. The van der Waals surface area contributed by atoms with Crippen molar-refractivity contribution >= 4 is 5.91 Å². The highest BCUT2D eigenvalue weighted by Gasteiger charge is 2.17. The van der Waals surface area contributed by atoms with Gasteiger partial charge in [-0.25, -0.2) is 0 Å². The van der Waals surface area contributed by atoms with Crippen LogP contribution >= 0.6 is 0 Å². The van der Waals surface area contributed by atoms with Gasteiger partial charge >= 0.3 is 0 Å². The average Bonchev–Trinajstić information content (AvgIpc) is 1.93. The average molecular weight is 171 g/mol. The summed E-state index contributed by atoms with van der Waals surface area (Å²) in [7, 11) is 0. The minimum atomic E-state index is -0.537. The van der Waals surface area contributed by atoms with E-state index >= 15 is 0 Å². The molecular formula is C8H17N3O. The molecule has 1 atom stereocenters. The van der Waals surface area contributed by atoms with Crippen molar-refractivity contribution in [3.05, 3.63) is 0 Å². The molecule has 0 aliphatic heterocycles. The van der Waals surface area contributed by atoms with Crippen LogP contribution in [-0.2, 0) is 4.79 Å². The Morgan fingerprint density at radius 2 is 2.25 bits per heavy atom. The molecule has 0 radical (unpaired) electrons. The zero-order chi connectivity index (χ0) is 8.97. The number of nitrogens with one attached hydrogen (secondary N) is 1. The van der Waals surface area contributed by atoms with Crippen LogP contribution in [0.4, 0.5) is 0 Å². The fourth-order valence-electron chi connectivity index (χ4n) is 1.24. The van der Waals surface area contributed by atoms with Gasteiger partial charge in [-0.2, -0.15) is 0 Å². The van der Waals surface area contributed by atoms with Crippen LogP contribution in [0.15, 0.2) is 0 Å². The van der Waals surface area contributed by atoms with Crippen molar-refractivity contribution < 1.29 is 4.79 Å². The minimum absolute atomic E-state index is 0.434.